The van der Waals surface area contributed by atoms with Gasteiger partial charge in [-0.25, -0.2) is 9.97 Å². The van der Waals surface area contributed by atoms with Crippen LogP contribution in [0, 0.1) is 12.3 Å². The molecule has 3 rings (SSSR count). The van der Waals surface area contributed by atoms with Gasteiger partial charge in [-0.15, -0.1) is 6.42 Å². The minimum Gasteiger partial charge on any atom is -0.374 e. The van der Waals surface area contributed by atoms with E-state index in [4.69, 9.17) is 6.42 Å². The van der Waals surface area contributed by atoms with Gasteiger partial charge in [0.1, 0.15) is 5.69 Å². The Bertz CT molecular complexity index is 1020. The van der Waals surface area contributed by atoms with Gasteiger partial charge >= 0.3 is 6.18 Å². The summed E-state index contributed by atoms with van der Waals surface area (Å²) in [7, 11) is 5.51. The van der Waals surface area contributed by atoms with Crippen molar-refractivity contribution in [3.63, 3.8) is 0 Å². The number of likely N-dealkylation sites (N-methyl/N-ethyl adjacent to an activating group) is 1. The number of rotatable bonds is 5. The lowest BCUT2D eigenvalue weighted by molar-refractivity contribution is -0.138. The minimum atomic E-state index is -4.58. The van der Waals surface area contributed by atoms with Crippen LogP contribution in [0.3, 0.4) is 0 Å². The fourth-order valence-corrected chi connectivity index (χ4v) is 3.41. The minimum absolute atomic E-state index is 0.0800. The molecule has 10 heteroatoms. The van der Waals surface area contributed by atoms with Gasteiger partial charge in [0.15, 0.2) is 0 Å². The molecule has 1 aromatic carbocycles. The number of carbonyl (C=O) groups excluding carboxylic acids is 1. The van der Waals surface area contributed by atoms with Gasteiger partial charge in [0, 0.05) is 52.4 Å². The Labute approximate surface area is 185 Å². The van der Waals surface area contributed by atoms with Gasteiger partial charge in [-0.3, -0.25) is 15.0 Å². The van der Waals surface area contributed by atoms with Crippen LogP contribution < -0.4 is 10.2 Å². The van der Waals surface area contributed by atoms with Crippen LogP contribution in [0.15, 0.2) is 24.4 Å². The lowest BCUT2D eigenvalue weighted by Crippen LogP contribution is -2.44. The van der Waals surface area contributed by atoms with Crippen LogP contribution in [0.2, 0.25) is 0 Å². The molecule has 1 aromatic heterocycles. The highest BCUT2D eigenvalue weighted by Crippen LogP contribution is 2.33. The van der Waals surface area contributed by atoms with Crippen LogP contribution >= 0.6 is 0 Å². The standard InChI is InChI=1S/C22H25F3N6O/c1-5-18-19(29(2)3)13-26-21(27-18)28-20(32)15-6-7-16(17(12-15)22(23,24)25)14-31-10-8-30(4)9-11-31/h1,6-7,12-13H,8-11,14H2,2-4H3,(H,26,27,28,32). The predicted octanol–water partition coefficient (Wildman–Crippen LogP) is 2.54. The second-order valence-electron chi connectivity index (χ2n) is 7.87. The maximum Gasteiger partial charge on any atom is 0.416 e. The molecule has 1 aliphatic heterocycles. The molecule has 1 amide bonds. The number of hydrogen-bond donors (Lipinski definition) is 1. The Hall–Kier alpha value is -3.16. The molecular weight excluding hydrogens is 421 g/mol. The van der Waals surface area contributed by atoms with E-state index in [9.17, 15) is 18.0 Å². The monoisotopic (exact) mass is 446 g/mol. The lowest BCUT2D eigenvalue weighted by atomic mass is 10.0. The molecule has 2 aromatic rings. The van der Waals surface area contributed by atoms with E-state index in [-0.39, 0.29) is 29.3 Å². The SMILES string of the molecule is C#Cc1nc(NC(=O)c2ccc(CN3CCN(C)CC3)c(C(F)(F)F)c2)ncc1N(C)C. The van der Waals surface area contributed by atoms with Crippen LogP contribution in [0.5, 0.6) is 0 Å². The number of anilines is 2. The lowest BCUT2D eigenvalue weighted by Gasteiger charge is -2.33. The van der Waals surface area contributed by atoms with Crippen molar-refractivity contribution in [2.45, 2.75) is 12.7 Å². The summed E-state index contributed by atoms with van der Waals surface area (Å²) in [6.45, 7) is 3.15. The third kappa shape index (κ3) is 5.55. The Balaban J connectivity index is 1.82. The van der Waals surface area contributed by atoms with Gasteiger partial charge in [-0.1, -0.05) is 6.07 Å². The maximum absolute atomic E-state index is 13.7. The molecule has 0 unspecified atom stereocenters. The smallest absolute Gasteiger partial charge is 0.374 e. The second kappa shape index (κ2) is 9.54. The molecule has 170 valence electrons. The topological polar surface area (TPSA) is 64.6 Å². The first-order chi connectivity index (χ1) is 15.1. The Morgan fingerprint density at radius 2 is 1.94 bits per heavy atom. The zero-order valence-corrected chi connectivity index (χ0v) is 18.2. The van der Waals surface area contributed by atoms with Gasteiger partial charge in [-0.05, 0) is 30.7 Å². The number of nitrogens with one attached hydrogen (secondary N) is 1. The molecule has 1 aliphatic rings. The summed E-state index contributed by atoms with van der Waals surface area (Å²) >= 11 is 0. The fraction of sp³-hybridized carbons (Fsp3) is 0.409. The number of hydrogen-bond acceptors (Lipinski definition) is 6. The Kier molecular flexibility index (Phi) is 7.01. The summed E-state index contributed by atoms with van der Waals surface area (Å²) in [5.74, 6) is 1.58. The van der Waals surface area contributed by atoms with Crippen molar-refractivity contribution in [1.82, 2.24) is 19.8 Å². The molecular formula is C22H25F3N6O. The van der Waals surface area contributed by atoms with E-state index in [1.807, 2.05) is 11.9 Å². The fourth-order valence-electron chi connectivity index (χ4n) is 3.41. The molecule has 1 fully saturated rings. The van der Waals surface area contributed by atoms with Crippen LogP contribution in [-0.2, 0) is 12.7 Å². The molecule has 1 N–H and O–H groups in total. The summed E-state index contributed by atoms with van der Waals surface area (Å²) in [5, 5.41) is 2.42. The van der Waals surface area contributed by atoms with Gasteiger partial charge < -0.3 is 9.80 Å². The number of halogens is 3. The normalized spacial score (nSPS) is 15.3. The number of carbonyl (C=O) groups is 1. The van der Waals surface area contributed by atoms with E-state index in [1.165, 1.54) is 18.3 Å². The molecule has 0 aliphatic carbocycles. The van der Waals surface area contributed by atoms with Crippen molar-refractivity contribution in [2.75, 3.05) is 57.5 Å². The quantitative estimate of drug-likeness (QED) is 0.713. The molecule has 0 bridgehead atoms. The summed E-state index contributed by atoms with van der Waals surface area (Å²) in [5.41, 5.74) is 0.0241. The van der Waals surface area contributed by atoms with Gasteiger partial charge in [0.25, 0.3) is 5.91 Å². The third-order valence-corrected chi connectivity index (χ3v) is 5.28. The summed E-state index contributed by atoms with van der Waals surface area (Å²) in [6.07, 6.45) is 2.31. The number of alkyl halides is 3. The number of aromatic nitrogens is 2. The van der Waals surface area contributed by atoms with Crippen molar-refractivity contribution in [3.05, 3.63) is 46.8 Å². The Morgan fingerprint density at radius 3 is 2.53 bits per heavy atom. The molecule has 2 heterocycles. The molecule has 32 heavy (non-hydrogen) atoms. The predicted molar refractivity (Wildman–Crippen MR) is 116 cm³/mol. The summed E-state index contributed by atoms with van der Waals surface area (Å²) in [6, 6.07) is 3.61. The molecule has 0 spiro atoms. The average Bonchev–Trinajstić information content (AvgIpc) is 2.74. The van der Waals surface area contributed by atoms with E-state index in [2.05, 4.69) is 26.1 Å². The number of piperazine rings is 1. The van der Waals surface area contributed by atoms with E-state index < -0.39 is 17.6 Å². The van der Waals surface area contributed by atoms with Crippen molar-refractivity contribution in [3.8, 4) is 12.3 Å². The van der Waals surface area contributed by atoms with Crippen molar-refractivity contribution >= 4 is 17.5 Å². The highest BCUT2D eigenvalue weighted by atomic mass is 19.4. The maximum atomic E-state index is 13.7. The van der Waals surface area contributed by atoms with Gasteiger partial charge in [0.05, 0.1) is 17.4 Å². The highest BCUT2D eigenvalue weighted by Gasteiger charge is 2.34. The molecule has 0 radical (unpaired) electrons. The molecule has 0 saturated carbocycles. The molecule has 1 saturated heterocycles. The Morgan fingerprint density at radius 1 is 1.25 bits per heavy atom. The zero-order chi connectivity index (χ0) is 23.5. The first-order valence-corrected chi connectivity index (χ1v) is 10.0. The number of amides is 1. The van der Waals surface area contributed by atoms with Crippen molar-refractivity contribution in [1.29, 1.82) is 0 Å². The van der Waals surface area contributed by atoms with E-state index in [0.717, 1.165) is 19.2 Å². The van der Waals surface area contributed by atoms with E-state index in [0.29, 0.717) is 18.8 Å². The van der Waals surface area contributed by atoms with Crippen LogP contribution in [-0.4, -0.2) is 73.0 Å². The third-order valence-electron chi connectivity index (χ3n) is 5.28. The average molecular weight is 446 g/mol. The molecule has 0 atom stereocenters. The largest absolute Gasteiger partial charge is 0.416 e. The first-order valence-electron chi connectivity index (χ1n) is 10.0. The van der Waals surface area contributed by atoms with Gasteiger partial charge in [-0.2, -0.15) is 13.2 Å². The zero-order valence-electron chi connectivity index (χ0n) is 18.2. The highest BCUT2D eigenvalue weighted by molar-refractivity contribution is 6.03. The molecule has 7 nitrogen and oxygen atoms in total. The van der Waals surface area contributed by atoms with E-state index >= 15 is 0 Å². The van der Waals surface area contributed by atoms with Gasteiger partial charge in [0.2, 0.25) is 5.95 Å². The summed E-state index contributed by atoms with van der Waals surface area (Å²) < 4.78 is 41.2. The van der Waals surface area contributed by atoms with E-state index in [1.54, 1.807) is 19.0 Å². The van der Waals surface area contributed by atoms with Crippen LogP contribution in [0.4, 0.5) is 24.8 Å². The van der Waals surface area contributed by atoms with Crippen molar-refractivity contribution in [2.24, 2.45) is 0 Å². The van der Waals surface area contributed by atoms with Crippen molar-refractivity contribution < 1.29 is 18.0 Å². The second-order valence-corrected chi connectivity index (χ2v) is 7.87. The summed E-state index contributed by atoms with van der Waals surface area (Å²) in [4.78, 5) is 26.6. The van der Waals surface area contributed by atoms with Crippen LogP contribution in [0.25, 0.3) is 0 Å². The number of benzene rings is 1. The van der Waals surface area contributed by atoms with Crippen LogP contribution in [0.1, 0.15) is 27.2 Å². The first kappa shape index (κ1) is 23.5. The number of terminal acetylenes is 1. The number of nitrogens with zero attached hydrogens (tertiary/aromatic N) is 5.